The molecule has 1 aliphatic heterocycles. The number of hydrogen-bond acceptors (Lipinski definition) is 8. The molecule has 1 fully saturated rings. The number of β-lactam (4-membered cyclic amide) rings is 1. The van der Waals surface area contributed by atoms with Gasteiger partial charge in [-0.1, -0.05) is 0 Å². The molecule has 126 valence electrons. The van der Waals surface area contributed by atoms with E-state index in [4.69, 9.17) is 4.55 Å². The van der Waals surface area contributed by atoms with Crippen molar-refractivity contribution in [1.82, 2.24) is 14.6 Å². The van der Waals surface area contributed by atoms with Gasteiger partial charge in [-0.25, -0.2) is 9.29 Å². The van der Waals surface area contributed by atoms with Crippen molar-refractivity contribution in [3.05, 3.63) is 11.1 Å². The predicted octanol–water partition coefficient (Wildman–Crippen LogP) is -2.24. The van der Waals surface area contributed by atoms with Gasteiger partial charge in [-0.05, 0) is 6.92 Å². The first-order chi connectivity index (χ1) is 10.7. The number of carbonyl (C=O) groups is 4. The Balaban J connectivity index is 0.00000288. The summed E-state index contributed by atoms with van der Waals surface area (Å²) in [5.41, 5.74) is -0.233. The van der Waals surface area contributed by atoms with Crippen LogP contribution in [-0.2, 0) is 24.7 Å². The minimum absolute atomic E-state index is 0. The topological polar surface area (TPSA) is 163 Å². The zero-order chi connectivity index (χ0) is 17.4. The molecule has 0 spiro atoms. The van der Waals surface area contributed by atoms with Gasteiger partial charge in [0.05, 0.1) is 6.04 Å². The van der Waals surface area contributed by atoms with Crippen molar-refractivity contribution >= 4 is 102 Å². The third kappa shape index (κ3) is 4.26. The molecule has 1 aliphatic rings. The molecule has 0 aromatic carbocycles. The minimum atomic E-state index is -4.71. The van der Waals surface area contributed by atoms with Crippen molar-refractivity contribution in [2.75, 3.05) is 5.32 Å². The number of nitrogens with zero attached hydrogens (tertiary/aromatic N) is 2. The van der Waals surface area contributed by atoms with Crippen molar-refractivity contribution in [3.8, 4) is 0 Å². The molecule has 24 heavy (non-hydrogen) atoms. The summed E-state index contributed by atoms with van der Waals surface area (Å²) in [5.74, 6) is -3.26. The van der Waals surface area contributed by atoms with E-state index >= 15 is 0 Å². The number of nitrogens with one attached hydrogen (secondary N) is 2. The number of amides is 3. The van der Waals surface area contributed by atoms with E-state index in [0.29, 0.717) is 6.41 Å². The van der Waals surface area contributed by atoms with Gasteiger partial charge >= 0.3 is 61.7 Å². The molecule has 1 saturated heterocycles. The standard InChI is InChI=1S/C10H10N4O7S2.K.H/c1-4-6(9(18)14(4)23(19,20)21)13-8(17)7(16)5-2-22-10(12-5)11-3-15;;/h2-4,6H,1H3,(H,13,17)(H,11,12,15)(H,19,20,21);;/t4-,6-;;/m0../s1. The fraction of sp³-hybridized carbons (Fsp3) is 0.300. The summed E-state index contributed by atoms with van der Waals surface area (Å²) in [7, 11) is -4.71. The molecule has 1 aromatic rings. The summed E-state index contributed by atoms with van der Waals surface area (Å²) >= 11 is 0.921. The van der Waals surface area contributed by atoms with E-state index in [1.165, 1.54) is 12.3 Å². The summed E-state index contributed by atoms with van der Waals surface area (Å²) in [6, 6.07) is -2.28. The van der Waals surface area contributed by atoms with Crippen LogP contribution in [0.4, 0.5) is 5.13 Å². The van der Waals surface area contributed by atoms with Crippen molar-refractivity contribution in [3.63, 3.8) is 0 Å². The number of anilines is 1. The Kier molecular flexibility index (Phi) is 7.18. The van der Waals surface area contributed by atoms with E-state index in [-0.39, 0.29) is 66.5 Å². The van der Waals surface area contributed by atoms with Crippen molar-refractivity contribution in [1.29, 1.82) is 0 Å². The van der Waals surface area contributed by atoms with Crippen molar-refractivity contribution in [2.45, 2.75) is 19.0 Å². The average molecular weight is 402 g/mol. The van der Waals surface area contributed by atoms with E-state index in [1.807, 2.05) is 0 Å². The molecule has 0 bridgehead atoms. The number of hydrogen-bond donors (Lipinski definition) is 3. The number of carbonyl (C=O) groups excluding carboxylic acids is 4. The maximum absolute atomic E-state index is 11.9. The molecule has 14 heteroatoms. The van der Waals surface area contributed by atoms with Gasteiger partial charge in [0, 0.05) is 5.38 Å². The zero-order valence-corrected chi connectivity index (χ0v) is 13.1. The first-order valence-corrected chi connectivity index (χ1v) is 8.26. The molecule has 0 saturated carbocycles. The van der Waals surface area contributed by atoms with Crippen LogP contribution in [0, 0.1) is 0 Å². The molecular weight excluding hydrogens is 391 g/mol. The normalized spacial score (nSPS) is 19.8. The molecule has 2 rings (SSSR count). The third-order valence-corrected chi connectivity index (χ3v) is 4.78. The van der Waals surface area contributed by atoms with Gasteiger partial charge in [0.25, 0.3) is 17.6 Å². The van der Waals surface area contributed by atoms with Crippen LogP contribution in [0.15, 0.2) is 5.38 Å². The van der Waals surface area contributed by atoms with Gasteiger partial charge in [-0.3, -0.25) is 23.7 Å². The predicted molar refractivity (Wildman–Crippen MR) is 83.1 cm³/mol. The Morgan fingerprint density at radius 3 is 2.58 bits per heavy atom. The van der Waals surface area contributed by atoms with Crippen LogP contribution in [0.3, 0.4) is 0 Å². The van der Waals surface area contributed by atoms with Crippen LogP contribution in [0.25, 0.3) is 0 Å². The van der Waals surface area contributed by atoms with Gasteiger partial charge in [0.2, 0.25) is 6.41 Å². The van der Waals surface area contributed by atoms with Gasteiger partial charge in [0.15, 0.2) is 5.13 Å². The first kappa shape index (κ1) is 21.3. The van der Waals surface area contributed by atoms with Crippen molar-refractivity contribution in [2.24, 2.45) is 0 Å². The fourth-order valence-corrected chi connectivity index (χ4v) is 3.45. The molecular formula is C10H11KN4O7S2. The van der Waals surface area contributed by atoms with E-state index in [1.54, 1.807) is 0 Å². The van der Waals surface area contributed by atoms with Gasteiger partial charge < -0.3 is 10.6 Å². The summed E-state index contributed by atoms with van der Waals surface area (Å²) in [5, 5.41) is 5.64. The molecule has 2 heterocycles. The Morgan fingerprint density at radius 1 is 1.46 bits per heavy atom. The number of rotatable bonds is 6. The van der Waals surface area contributed by atoms with Crippen LogP contribution in [-0.4, -0.2) is 110 Å². The summed E-state index contributed by atoms with van der Waals surface area (Å²) in [6.07, 6.45) is 0.353. The van der Waals surface area contributed by atoms with Gasteiger partial charge in [-0.2, -0.15) is 8.42 Å². The number of Topliss-reactive ketones (excluding diaryl/α,β-unsaturated/α-hetero) is 1. The van der Waals surface area contributed by atoms with E-state index in [9.17, 15) is 27.6 Å². The second-order valence-electron chi connectivity index (χ2n) is 4.43. The SMILES string of the molecule is C[C@H]1[C@H](NC(=O)C(=O)c2csc(NC=O)n2)C(=O)N1S(=O)(=O)O.[KH]. The van der Waals surface area contributed by atoms with E-state index in [0.717, 1.165) is 11.3 Å². The van der Waals surface area contributed by atoms with E-state index in [2.05, 4.69) is 15.6 Å². The third-order valence-electron chi connectivity index (χ3n) is 3.00. The van der Waals surface area contributed by atoms with Crippen molar-refractivity contribution < 1.29 is 32.1 Å². The molecule has 0 radical (unpaired) electrons. The average Bonchev–Trinajstić information content (AvgIpc) is 2.91. The van der Waals surface area contributed by atoms with Crippen LogP contribution in [0.2, 0.25) is 0 Å². The Morgan fingerprint density at radius 2 is 2.08 bits per heavy atom. The van der Waals surface area contributed by atoms with E-state index < -0.39 is 40.0 Å². The number of thiazole rings is 1. The Bertz CT molecular complexity index is 793. The Labute approximate surface area is 182 Å². The zero-order valence-electron chi connectivity index (χ0n) is 11.4. The van der Waals surface area contributed by atoms with Crippen LogP contribution < -0.4 is 10.6 Å². The Hall–Kier alpha value is -0.744. The number of ketones is 1. The molecule has 11 nitrogen and oxygen atoms in total. The van der Waals surface area contributed by atoms with Crippen LogP contribution >= 0.6 is 11.3 Å². The van der Waals surface area contributed by atoms with Crippen LogP contribution in [0.1, 0.15) is 17.4 Å². The van der Waals surface area contributed by atoms with Gasteiger partial charge in [-0.15, -0.1) is 11.3 Å². The second-order valence-corrected chi connectivity index (χ2v) is 6.58. The summed E-state index contributed by atoms with van der Waals surface area (Å²) in [4.78, 5) is 49.2. The number of aromatic nitrogens is 1. The fourth-order valence-electron chi connectivity index (χ4n) is 1.92. The molecule has 3 amide bonds. The molecule has 0 unspecified atom stereocenters. The first-order valence-electron chi connectivity index (χ1n) is 5.98. The monoisotopic (exact) mass is 402 g/mol. The maximum atomic E-state index is 11.9. The molecule has 3 N–H and O–H groups in total. The second kappa shape index (κ2) is 8.09. The molecule has 2 atom stereocenters. The summed E-state index contributed by atoms with van der Waals surface area (Å²) in [6.45, 7) is 1.28. The van der Waals surface area contributed by atoms with Crippen LogP contribution in [0.5, 0.6) is 0 Å². The molecule has 0 aliphatic carbocycles. The molecule has 1 aromatic heterocycles. The summed E-state index contributed by atoms with van der Waals surface area (Å²) < 4.78 is 30.9. The quantitative estimate of drug-likeness (QED) is 0.120. The van der Waals surface area contributed by atoms with Gasteiger partial charge in [0.1, 0.15) is 11.7 Å².